The van der Waals surface area contributed by atoms with Gasteiger partial charge in [0.1, 0.15) is 5.75 Å². The molecule has 0 atom stereocenters. The minimum absolute atomic E-state index is 0.426. The fourth-order valence-corrected chi connectivity index (χ4v) is 1.96. The lowest BCUT2D eigenvalue weighted by molar-refractivity contribution is -0.113. The summed E-state index contributed by atoms with van der Waals surface area (Å²) in [6.45, 7) is 3.71. The number of amides is 1. The third kappa shape index (κ3) is 3.74. The van der Waals surface area contributed by atoms with Crippen molar-refractivity contribution in [3.8, 4) is 0 Å². The fraction of sp³-hybridized carbons (Fsp3) is 0.364. The molecule has 0 aliphatic rings. The molecule has 1 aromatic carbocycles. The van der Waals surface area contributed by atoms with Gasteiger partial charge in [-0.3, -0.25) is 4.79 Å². The van der Waals surface area contributed by atoms with Crippen LogP contribution < -0.4 is 11.1 Å². The van der Waals surface area contributed by atoms with Crippen LogP contribution in [0.4, 0.5) is 11.4 Å². The second kappa shape index (κ2) is 4.75. The van der Waals surface area contributed by atoms with Crippen molar-refractivity contribution in [2.24, 2.45) is 0 Å². The smallest absolute Gasteiger partial charge is 0.239 e. The summed E-state index contributed by atoms with van der Waals surface area (Å²) in [6, 6.07) is 3.52. The molecule has 5 nitrogen and oxygen atoms in total. The van der Waals surface area contributed by atoms with E-state index in [1.54, 1.807) is 6.07 Å². The first-order chi connectivity index (χ1) is 7.70. The van der Waals surface area contributed by atoms with Gasteiger partial charge in [-0.15, -0.1) is 0 Å². The predicted molar refractivity (Wildman–Crippen MR) is 68.7 cm³/mol. The lowest BCUT2D eigenvalue weighted by Crippen LogP contribution is -2.23. The number of hydrogen-bond acceptors (Lipinski definition) is 4. The highest BCUT2D eigenvalue weighted by molar-refractivity contribution is 7.91. The predicted octanol–water partition coefficient (Wildman–Crippen LogP) is 0.869. The van der Waals surface area contributed by atoms with Crippen LogP contribution in [-0.2, 0) is 14.6 Å². The number of carbonyl (C=O) groups excluding carboxylic acids is 1. The Bertz CT molecular complexity index is 550. The zero-order chi connectivity index (χ0) is 13.2. The van der Waals surface area contributed by atoms with E-state index in [2.05, 4.69) is 5.32 Å². The van der Waals surface area contributed by atoms with Crippen molar-refractivity contribution >= 4 is 27.1 Å². The van der Waals surface area contributed by atoms with Crippen LogP contribution in [0.3, 0.4) is 0 Å². The van der Waals surface area contributed by atoms with E-state index < -0.39 is 21.5 Å². The van der Waals surface area contributed by atoms with Crippen LogP contribution in [0.5, 0.6) is 0 Å². The average Bonchev–Trinajstić information content (AvgIpc) is 2.16. The van der Waals surface area contributed by atoms with Crippen molar-refractivity contribution in [3.63, 3.8) is 0 Å². The van der Waals surface area contributed by atoms with Crippen LogP contribution in [0.1, 0.15) is 11.1 Å². The molecule has 0 fully saturated rings. The Morgan fingerprint density at radius 1 is 1.35 bits per heavy atom. The minimum Gasteiger partial charge on any atom is -0.397 e. The van der Waals surface area contributed by atoms with Crippen LogP contribution in [0.2, 0.25) is 0 Å². The normalized spacial score (nSPS) is 11.2. The summed E-state index contributed by atoms with van der Waals surface area (Å²) >= 11 is 0. The van der Waals surface area contributed by atoms with Gasteiger partial charge in [0.05, 0.1) is 11.4 Å². The zero-order valence-corrected chi connectivity index (χ0v) is 10.9. The molecule has 0 aliphatic heterocycles. The topological polar surface area (TPSA) is 89.3 Å². The molecular weight excluding hydrogens is 240 g/mol. The Morgan fingerprint density at radius 3 is 2.47 bits per heavy atom. The average molecular weight is 256 g/mol. The van der Waals surface area contributed by atoms with E-state index in [1.165, 1.54) is 0 Å². The minimum atomic E-state index is -3.33. The van der Waals surface area contributed by atoms with Gasteiger partial charge < -0.3 is 11.1 Å². The molecule has 94 valence electrons. The molecule has 0 heterocycles. The monoisotopic (exact) mass is 256 g/mol. The molecular formula is C11H16N2O3S. The summed E-state index contributed by atoms with van der Waals surface area (Å²) in [5, 5.41) is 2.53. The summed E-state index contributed by atoms with van der Waals surface area (Å²) in [7, 11) is -3.33. The van der Waals surface area contributed by atoms with Crippen molar-refractivity contribution in [1.82, 2.24) is 0 Å². The summed E-state index contributed by atoms with van der Waals surface area (Å²) in [4.78, 5) is 11.5. The molecule has 0 spiro atoms. The number of hydrogen-bond donors (Lipinski definition) is 2. The maximum absolute atomic E-state index is 11.5. The van der Waals surface area contributed by atoms with Crippen LogP contribution >= 0.6 is 0 Å². The van der Waals surface area contributed by atoms with Gasteiger partial charge in [-0.05, 0) is 31.0 Å². The molecule has 0 aromatic heterocycles. The standard InChI is InChI=1S/C11H16N2O3S/c1-7-4-5-9(12)11(8(7)2)13-10(14)6-17(3,15)16/h4-5H,6,12H2,1-3H3,(H,13,14). The van der Waals surface area contributed by atoms with Crippen LogP contribution in [-0.4, -0.2) is 26.3 Å². The van der Waals surface area contributed by atoms with Crippen LogP contribution in [0, 0.1) is 13.8 Å². The molecule has 3 N–H and O–H groups in total. The highest BCUT2D eigenvalue weighted by atomic mass is 32.2. The number of nitrogens with one attached hydrogen (secondary N) is 1. The van der Waals surface area contributed by atoms with E-state index in [0.29, 0.717) is 11.4 Å². The number of aryl methyl sites for hydroxylation is 1. The van der Waals surface area contributed by atoms with E-state index in [4.69, 9.17) is 5.73 Å². The first kappa shape index (κ1) is 13.5. The van der Waals surface area contributed by atoms with E-state index in [9.17, 15) is 13.2 Å². The van der Waals surface area contributed by atoms with Gasteiger partial charge in [-0.2, -0.15) is 0 Å². The number of nitrogens with two attached hydrogens (primary N) is 1. The van der Waals surface area contributed by atoms with Gasteiger partial charge in [-0.25, -0.2) is 8.42 Å². The Balaban J connectivity index is 2.97. The molecule has 6 heteroatoms. The van der Waals surface area contributed by atoms with E-state index >= 15 is 0 Å². The largest absolute Gasteiger partial charge is 0.397 e. The highest BCUT2D eigenvalue weighted by Gasteiger charge is 2.14. The SMILES string of the molecule is Cc1ccc(N)c(NC(=O)CS(C)(=O)=O)c1C. The van der Waals surface area contributed by atoms with Crippen molar-refractivity contribution in [2.45, 2.75) is 13.8 Å². The fourth-order valence-electron chi connectivity index (χ4n) is 1.42. The molecule has 0 unspecified atom stereocenters. The van der Waals surface area contributed by atoms with Gasteiger partial charge in [0.25, 0.3) is 0 Å². The molecule has 0 aliphatic carbocycles. The maximum Gasteiger partial charge on any atom is 0.239 e. The first-order valence-corrected chi connectivity index (χ1v) is 7.10. The number of benzene rings is 1. The molecule has 1 amide bonds. The molecule has 0 radical (unpaired) electrons. The number of sulfone groups is 1. The van der Waals surface area contributed by atoms with Crippen molar-refractivity contribution in [1.29, 1.82) is 0 Å². The number of anilines is 2. The van der Waals surface area contributed by atoms with Gasteiger partial charge in [0, 0.05) is 6.26 Å². The van der Waals surface area contributed by atoms with Crippen LogP contribution in [0.15, 0.2) is 12.1 Å². The zero-order valence-electron chi connectivity index (χ0n) is 10.1. The molecule has 17 heavy (non-hydrogen) atoms. The third-order valence-electron chi connectivity index (χ3n) is 2.43. The van der Waals surface area contributed by atoms with Crippen molar-refractivity contribution in [2.75, 3.05) is 23.1 Å². The second-order valence-corrected chi connectivity index (χ2v) is 6.23. The number of nitrogen functional groups attached to an aromatic ring is 1. The summed E-state index contributed by atoms with van der Waals surface area (Å²) in [6.07, 6.45) is 1.01. The number of rotatable bonds is 3. The Labute approximate surface area is 101 Å². The molecule has 0 bridgehead atoms. The van der Waals surface area contributed by atoms with Crippen molar-refractivity contribution < 1.29 is 13.2 Å². The molecule has 0 saturated heterocycles. The van der Waals surface area contributed by atoms with Gasteiger partial charge >= 0.3 is 0 Å². The van der Waals surface area contributed by atoms with Crippen LogP contribution in [0.25, 0.3) is 0 Å². The van der Waals surface area contributed by atoms with E-state index in [-0.39, 0.29) is 0 Å². The molecule has 1 rings (SSSR count). The molecule has 0 saturated carbocycles. The summed E-state index contributed by atoms with van der Waals surface area (Å²) in [5.41, 5.74) is 8.47. The van der Waals surface area contributed by atoms with Crippen molar-refractivity contribution in [3.05, 3.63) is 23.3 Å². The highest BCUT2D eigenvalue weighted by Crippen LogP contribution is 2.25. The van der Waals surface area contributed by atoms with Gasteiger partial charge in [-0.1, -0.05) is 6.07 Å². The maximum atomic E-state index is 11.5. The van der Waals surface area contributed by atoms with E-state index in [0.717, 1.165) is 17.4 Å². The number of carbonyl (C=O) groups is 1. The lowest BCUT2D eigenvalue weighted by Gasteiger charge is -2.12. The third-order valence-corrected chi connectivity index (χ3v) is 3.21. The quantitative estimate of drug-likeness (QED) is 0.785. The van der Waals surface area contributed by atoms with E-state index in [1.807, 2.05) is 19.9 Å². The Morgan fingerprint density at radius 2 is 1.94 bits per heavy atom. The van der Waals surface area contributed by atoms with Gasteiger partial charge in [0.15, 0.2) is 9.84 Å². The Hall–Kier alpha value is -1.56. The van der Waals surface area contributed by atoms with Gasteiger partial charge in [0.2, 0.25) is 5.91 Å². The molecule has 1 aromatic rings. The summed E-state index contributed by atoms with van der Waals surface area (Å²) in [5.74, 6) is -1.12. The Kier molecular flexibility index (Phi) is 3.77. The summed E-state index contributed by atoms with van der Waals surface area (Å²) < 4.78 is 22.0. The lowest BCUT2D eigenvalue weighted by atomic mass is 10.1. The first-order valence-electron chi connectivity index (χ1n) is 5.04. The second-order valence-electron chi connectivity index (χ2n) is 4.09.